The van der Waals surface area contributed by atoms with E-state index in [4.69, 9.17) is 0 Å². The number of benzene rings is 12. The monoisotopic (exact) mass is 954 g/mol. The molecule has 1 heterocycles. The second kappa shape index (κ2) is 18.4. The van der Waals surface area contributed by atoms with E-state index < -0.39 is 5.41 Å². The molecule has 0 spiro atoms. The van der Waals surface area contributed by atoms with Crippen molar-refractivity contribution in [3.8, 4) is 61.3 Å². The average Bonchev–Trinajstić information content (AvgIpc) is 4.10. The first-order valence-corrected chi connectivity index (χ1v) is 25.9. The number of nitrogens with zero attached hydrogens (tertiary/aromatic N) is 2. The van der Waals surface area contributed by atoms with Gasteiger partial charge in [0, 0.05) is 33.3 Å². The Bertz CT molecular complexity index is 4090. The van der Waals surface area contributed by atoms with Gasteiger partial charge in [0.05, 0.1) is 27.8 Å². The molecular weight excluding hydrogens is 905 g/mol. The maximum absolute atomic E-state index is 2.52. The van der Waals surface area contributed by atoms with Crippen LogP contribution in [0.5, 0.6) is 0 Å². The third-order valence-corrected chi connectivity index (χ3v) is 15.5. The van der Waals surface area contributed by atoms with Crippen molar-refractivity contribution in [2.24, 2.45) is 0 Å². The fourth-order valence-electron chi connectivity index (χ4n) is 12.2. The van der Waals surface area contributed by atoms with Gasteiger partial charge in [-0.2, -0.15) is 0 Å². The molecule has 0 N–H and O–H groups in total. The molecule has 0 amide bonds. The topological polar surface area (TPSA) is 8.17 Å². The molecule has 14 rings (SSSR count). The summed E-state index contributed by atoms with van der Waals surface area (Å²) in [6, 6.07) is 111. The van der Waals surface area contributed by atoms with Gasteiger partial charge in [0.2, 0.25) is 0 Å². The van der Waals surface area contributed by atoms with E-state index >= 15 is 0 Å². The highest BCUT2D eigenvalue weighted by molar-refractivity contribution is 6.11. The van der Waals surface area contributed by atoms with E-state index in [9.17, 15) is 0 Å². The summed E-state index contributed by atoms with van der Waals surface area (Å²) in [6.45, 7) is 0. The lowest BCUT2D eigenvalue weighted by atomic mass is 9.68. The van der Waals surface area contributed by atoms with Gasteiger partial charge in [-0.25, -0.2) is 0 Å². The van der Waals surface area contributed by atoms with E-state index in [1.807, 2.05) is 0 Å². The van der Waals surface area contributed by atoms with Crippen molar-refractivity contribution in [3.63, 3.8) is 0 Å². The first-order valence-electron chi connectivity index (χ1n) is 25.9. The third-order valence-electron chi connectivity index (χ3n) is 15.5. The van der Waals surface area contributed by atoms with Gasteiger partial charge in [0.15, 0.2) is 0 Å². The lowest BCUT2D eigenvalue weighted by molar-refractivity contribution is 0.768. The van der Waals surface area contributed by atoms with E-state index in [1.165, 1.54) is 88.7 Å². The van der Waals surface area contributed by atoms with Gasteiger partial charge < -0.3 is 9.47 Å². The minimum absolute atomic E-state index is 0.496. The minimum atomic E-state index is -0.496. The summed E-state index contributed by atoms with van der Waals surface area (Å²) in [5.74, 6) is 0. The van der Waals surface area contributed by atoms with Crippen LogP contribution in [0.1, 0.15) is 22.3 Å². The highest BCUT2D eigenvalue weighted by Gasteiger charge is 2.47. The molecule has 0 bridgehead atoms. The van der Waals surface area contributed by atoms with Gasteiger partial charge in [-0.3, -0.25) is 0 Å². The fraction of sp³-hybridized carbons (Fsp3) is 0.0137. The Morgan fingerprint density at radius 1 is 0.280 bits per heavy atom. The Morgan fingerprint density at radius 3 is 1.39 bits per heavy atom. The smallest absolute Gasteiger partial charge is 0.0714 e. The molecule has 1 aliphatic rings. The summed E-state index contributed by atoms with van der Waals surface area (Å²) in [6.07, 6.45) is 0. The van der Waals surface area contributed by atoms with Crippen molar-refractivity contribution < 1.29 is 0 Å². The molecule has 0 aliphatic heterocycles. The van der Waals surface area contributed by atoms with Crippen molar-refractivity contribution in [3.05, 3.63) is 326 Å². The zero-order chi connectivity index (χ0) is 49.7. The molecule has 0 fully saturated rings. The van der Waals surface area contributed by atoms with Crippen molar-refractivity contribution in [1.82, 2.24) is 4.57 Å². The molecule has 75 heavy (non-hydrogen) atoms. The molecule has 1 aromatic heterocycles. The molecule has 352 valence electrons. The molecule has 0 saturated heterocycles. The Kier molecular flexibility index (Phi) is 10.8. The molecule has 0 unspecified atom stereocenters. The molecule has 2 nitrogen and oxygen atoms in total. The highest BCUT2D eigenvalue weighted by atomic mass is 15.1. The summed E-state index contributed by atoms with van der Waals surface area (Å²) >= 11 is 0. The van der Waals surface area contributed by atoms with E-state index in [1.54, 1.807) is 0 Å². The predicted octanol–water partition coefficient (Wildman–Crippen LogP) is 19.3. The van der Waals surface area contributed by atoms with Crippen LogP contribution in [-0.2, 0) is 5.41 Å². The van der Waals surface area contributed by atoms with Crippen molar-refractivity contribution in [2.45, 2.75) is 5.41 Å². The van der Waals surface area contributed by atoms with Crippen LogP contribution in [0.2, 0.25) is 0 Å². The van der Waals surface area contributed by atoms with E-state index in [-0.39, 0.29) is 0 Å². The molecule has 1 aliphatic carbocycles. The second-order valence-electron chi connectivity index (χ2n) is 19.6. The SMILES string of the molecule is c1ccc(-c2cccc(N(c3cccc(-c4ccccc4)c3)c3ccccc3-c3ccc(-c4ccc5c6ccccc6n(-c6cccc7c6-c6ccccc6C7(c6ccccc6)c6ccccc6)c5c4)cc3)c2)cc1. The predicted molar refractivity (Wildman–Crippen MR) is 315 cm³/mol. The summed E-state index contributed by atoms with van der Waals surface area (Å²) in [5, 5.41) is 2.47. The molecule has 0 atom stereocenters. The van der Waals surface area contributed by atoms with Gasteiger partial charge in [0.25, 0.3) is 0 Å². The number of aromatic nitrogens is 1. The quantitative estimate of drug-likeness (QED) is 0.133. The summed E-state index contributed by atoms with van der Waals surface area (Å²) in [4.78, 5) is 2.41. The maximum atomic E-state index is 2.52. The van der Waals surface area contributed by atoms with Crippen LogP contribution < -0.4 is 4.90 Å². The Labute approximate surface area is 438 Å². The normalized spacial score (nSPS) is 12.4. The number of anilines is 3. The largest absolute Gasteiger partial charge is 0.310 e. The zero-order valence-electron chi connectivity index (χ0n) is 41.3. The van der Waals surface area contributed by atoms with E-state index in [2.05, 4.69) is 313 Å². The first-order chi connectivity index (χ1) is 37.2. The van der Waals surface area contributed by atoms with Crippen LogP contribution in [0.4, 0.5) is 17.1 Å². The fourth-order valence-corrected chi connectivity index (χ4v) is 12.2. The van der Waals surface area contributed by atoms with Gasteiger partial charge in [-0.1, -0.05) is 255 Å². The molecule has 13 aromatic rings. The number of para-hydroxylation sites is 2. The average molecular weight is 955 g/mol. The molecule has 2 heteroatoms. The van der Waals surface area contributed by atoms with Gasteiger partial charge in [0.1, 0.15) is 0 Å². The Balaban J connectivity index is 0.900. The van der Waals surface area contributed by atoms with Crippen LogP contribution in [-0.4, -0.2) is 4.57 Å². The van der Waals surface area contributed by atoms with Crippen LogP contribution in [0.15, 0.2) is 303 Å². The van der Waals surface area contributed by atoms with Crippen molar-refractivity contribution in [2.75, 3.05) is 4.90 Å². The van der Waals surface area contributed by atoms with Gasteiger partial charge in [-0.05, 0) is 115 Å². The summed E-state index contributed by atoms with van der Waals surface area (Å²) in [5.41, 5.74) is 23.3. The van der Waals surface area contributed by atoms with Crippen molar-refractivity contribution >= 4 is 38.9 Å². The molecule has 0 saturated carbocycles. The highest BCUT2D eigenvalue weighted by Crippen LogP contribution is 2.58. The zero-order valence-corrected chi connectivity index (χ0v) is 41.3. The standard InChI is InChI=1S/C73H50N2/c1-5-22-51(23-6-1)55-26-19-32-60(48-55)74(61-33-20-27-56(49-61)52-24-7-2-8-25-52)68-39-17-14-34-62(68)54-44-42-53(43-45-54)57-46-47-64-63-35-15-18-40-69(63)75(71(64)50-57)70-41-21-38-67-72(70)65-36-13-16-37-66(65)73(67,58-28-9-3-10-29-58)59-30-11-4-12-31-59/h1-50H. The van der Waals surface area contributed by atoms with Crippen LogP contribution >= 0.6 is 0 Å². The number of fused-ring (bicyclic) bond motifs is 6. The molecule has 0 radical (unpaired) electrons. The van der Waals surface area contributed by atoms with Crippen LogP contribution in [0.3, 0.4) is 0 Å². The lowest BCUT2D eigenvalue weighted by Gasteiger charge is -2.34. The van der Waals surface area contributed by atoms with E-state index in [0.717, 1.165) is 33.8 Å². The Hall–Kier alpha value is -9.76. The Morgan fingerprint density at radius 2 is 0.733 bits per heavy atom. The first kappa shape index (κ1) is 44.0. The van der Waals surface area contributed by atoms with E-state index in [0.29, 0.717) is 0 Å². The second-order valence-corrected chi connectivity index (χ2v) is 19.6. The number of hydrogen-bond acceptors (Lipinski definition) is 1. The molecular formula is C73H50N2. The number of rotatable bonds is 10. The van der Waals surface area contributed by atoms with Gasteiger partial charge >= 0.3 is 0 Å². The number of hydrogen-bond donors (Lipinski definition) is 0. The third kappa shape index (κ3) is 7.33. The minimum Gasteiger partial charge on any atom is -0.310 e. The van der Waals surface area contributed by atoms with Crippen LogP contribution in [0, 0.1) is 0 Å². The van der Waals surface area contributed by atoms with Crippen LogP contribution in [0.25, 0.3) is 83.1 Å². The summed E-state index contributed by atoms with van der Waals surface area (Å²) in [7, 11) is 0. The lowest BCUT2D eigenvalue weighted by Crippen LogP contribution is -2.28. The summed E-state index contributed by atoms with van der Waals surface area (Å²) < 4.78 is 2.52. The van der Waals surface area contributed by atoms with Crippen molar-refractivity contribution in [1.29, 1.82) is 0 Å². The molecule has 12 aromatic carbocycles. The maximum Gasteiger partial charge on any atom is 0.0714 e. The van der Waals surface area contributed by atoms with Gasteiger partial charge in [-0.15, -0.1) is 0 Å².